The number of rotatable bonds is 9. The highest BCUT2D eigenvalue weighted by Crippen LogP contribution is 2.30. The predicted molar refractivity (Wildman–Crippen MR) is 116 cm³/mol. The Kier molecular flexibility index (Phi) is 7.60. The van der Waals surface area contributed by atoms with Crippen molar-refractivity contribution in [1.29, 1.82) is 0 Å². The molecule has 1 aliphatic carbocycles. The van der Waals surface area contributed by atoms with Crippen molar-refractivity contribution in [2.75, 3.05) is 26.2 Å². The van der Waals surface area contributed by atoms with Crippen molar-refractivity contribution >= 4 is 17.8 Å². The Hall–Kier alpha value is -1.83. The van der Waals surface area contributed by atoms with Gasteiger partial charge in [0, 0.05) is 44.2 Å². The summed E-state index contributed by atoms with van der Waals surface area (Å²) in [5.74, 6) is 0.850. The first-order valence-corrected chi connectivity index (χ1v) is 11.7. The van der Waals surface area contributed by atoms with Gasteiger partial charge in [0.1, 0.15) is 6.04 Å². The smallest absolute Gasteiger partial charge is 0.315 e. The molecular formula is C22H39N5O3. The molecule has 0 aromatic rings. The third kappa shape index (κ3) is 5.65. The van der Waals surface area contributed by atoms with Crippen LogP contribution in [-0.4, -0.2) is 78.0 Å². The zero-order valence-corrected chi connectivity index (χ0v) is 18.9. The van der Waals surface area contributed by atoms with Crippen molar-refractivity contribution in [1.82, 2.24) is 25.8 Å². The highest BCUT2D eigenvalue weighted by atomic mass is 16.2. The lowest BCUT2D eigenvalue weighted by Gasteiger charge is -2.44. The van der Waals surface area contributed by atoms with Crippen LogP contribution in [0.5, 0.6) is 0 Å². The largest absolute Gasteiger partial charge is 0.354 e. The molecule has 3 fully saturated rings. The number of carbonyl (C=O) groups excluding carboxylic acids is 3. The highest BCUT2D eigenvalue weighted by Gasteiger charge is 2.46. The predicted octanol–water partition coefficient (Wildman–Crippen LogP) is 1.31. The van der Waals surface area contributed by atoms with Gasteiger partial charge in [-0.25, -0.2) is 4.79 Å². The molecule has 0 unspecified atom stereocenters. The quantitative estimate of drug-likeness (QED) is 0.523. The van der Waals surface area contributed by atoms with E-state index in [4.69, 9.17) is 0 Å². The second-order valence-electron chi connectivity index (χ2n) is 9.52. The van der Waals surface area contributed by atoms with E-state index in [2.05, 4.69) is 34.7 Å². The van der Waals surface area contributed by atoms with Crippen LogP contribution in [0.25, 0.3) is 0 Å². The van der Waals surface area contributed by atoms with E-state index in [9.17, 15) is 14.4 Å². The number of fused-ring (bicyclic) bond motifs is 1. The first-order valence-electron chi connectivity index (χ1n) is 11.7. The van der Waals surface area contributed by atoms with Gasteiger partial charge in [0.05, 0.1) is 6.04 Å². The molecule has 8 heteroatoms. The monoisotopic (exact) mass is 421 g/mol. The summed E-state index contributed by atoms with van der Waals surface area (Å²) in [6.07, 6.45) is 4.86. The maximum absolute atomic E-state index is 13.4. The normalized spacial score (nSPS) is 26.8. The average molecular weight is 422 g/mol. The summed E-state index contributed by atoms with van der Waals surface area (Å²) in [4.78, 5) is 41.9. The number of nitrogens with one attached hydrogen (secondary N) is 3. The summed E-state index contributed by atoms with van der Waals surface area (Å²) in [6.45, 7) is 10.8. The summed E-state index contributed by atoms with van der Waals surface area (Å²) in [7, 11) is 0. The standard InChI is InChI=1S/C22H39N5O3/c1-5-15(6-2)11-26-13-18-9-17(25-22(30)24-14(3)4)12-27(18)21(29)19(26)10-23-20(28)16-7-8-16/h14-19H,5-13H2,1-4H3,(H,23,28)(H2,24,25,30)/t17-,18-,19-/m0/s1. The average Bonchev–Trinajstić information content (AvgIpc) is 3.46. The summed E-state index contributed by atoms with van der Waals surface area (Å²) < 4.78 is 0. The summed E-state index contributed by atoms with van der Waals surface area (Å²) in [5, 5.41) is 8.90. The summed E-state index contributed by atoms with van der Waals surface area (Å²) >= 11 is 0. The van der Waals surface area contributed by atoms with Gasteiger partial charge in [0.15, 0.2) is 0 Å². The second kappa shape index (κ2) is 9.98. The Morgan fingerprint density at radius 2 is 1.83 bits per heavy atom. The van der Waals surface area contributed by atoms with E-state index in [-0.39, 0.29) is 47.9 Å². The topological polar surface area (TPSA) is 93.8 Å². The van der Waals surface area contributed by atoms with E-state index in [1.165, 1.54) is 0 Å². The van der Waals surface area contributed by atoms with Gasteiger partial charge in [-0.1, -0.05) is 26.7 Å². The molecule has 3 atom stereocenters. The first-order chi connectivity index (χ1) is 14.3. The molecule has 1 saturated carbocycles. The number of carbonyl (C=O) groups is 3. The molecule has 3 aliphatic rings. The number of amides is 4. The molecule has 2 saturated heterocycles. The number of urea groups is 1. The maximum atomic E-state index is 13.4. The van der Waals surface area contributed by atoms with E-state index in [1.54, 1.807) is 0 Å². The minimum atomic E-state index is -0.312. The molecule has 0 radical (unpaired) electrons. The van der Waals surface area contributed by atoms with E-state index >= 15 is 0 Å². The Labute approximate surface area is 180 Å². The van der Waals surface area contributed by atoms with Gasteiger partial charge in [-0.2, -0.15) is 0 Å². The molecule has 4 amide bonds. The van der Waals surface area contributed by atoms with E-state index in [0.29, 0.717) is 19.0 Å². The van der Waals surface area contributed by atoms with Crippen molar-refractivity contribution in [3.63, 3.8) is 0 Å². The van der Waals surface area contributed by atoms with Crippen LogP contribution < -0.4 is 16.0 Å². The van der Waals surface area contributed by atoms with Gasteiger partial charge in [-0.15, -0.1) is 0 Å². The SMILES string of the molecule is CCC(CC)CN1C[C@@H]2C[C@H](NC(=O)NC(C)C)CN2C(=O)[C@@H]1CNC(=O)C1CC1. The van der Waals surface area contributed by atoms with Crippen molar-refractivity contribution in [2.24, 2.45) is 11.8 Å². The Morgan fingerprint density at radius 1 is 1.13 bits per heavy atom. The molecule has 3 rings (SSSR count). The van der Waals surface area contributed by atoms with Crippen LogP contribution in [0.3, 0.4) is 0 Å². The van der Waals surface area contributed by atoms with Crippen LogP contribution in [0, 0.1) is 11.8 Å². The zero-order valence-electron chi connectivity index (χ0n) is 18.9. The molecule has 2 heterocycles. The number of hydrogen-bond donors (Lipinski definition) is 3. The molecular weight excluding hydrogens is 382 g/mol. The number of piperazine rings is 1. The van der Waals surface area contributed by atoms with Crippen LogP contribution in [-0.2, 0) is 9.59 Å². The van der Waals surface area contributed by atoms with Gasteiger partial charge in [-0.3, -0.25) is 14.5 Å². The molecule has 8 nitrogen and oxygen atoms in total. The zero-order chi connectivity index (χ0) is 21.8. The fourth-order valence-electron chi connectivity index (χ4n) is 4.68. The van der Waals surface area contributed by atoms with Crippen LogP contribution >= 0.6 is 0 Å². The van der Waals surface area contributed by atoms with Gasteiger partial charge < -0.3 is 20.9 Å². The lowest BCUT2D eigenvalue weighted by Crippen LogP contribution is -2.63. The summed E-state index contributed by atoms with van der Waals surface area (Å²) in [5.41, 5.74) is 0. The molecule has 2 aliphatic heterocycles. The highest BCUT2D eigenvalue weighted by molar-refractivity contribution is 5.86. The van der Waals surface area contributed by atoms with Gasteiger partial charge in [0.2, 0.25) is 11.8 Å². The van der Waals surface area contributed by atoms with E-state index < -0.39 is 0 Å². The van der Waals surface area contributed by atoms with Gasteiger partial charge in [0.25, 0.3) is 0 Å². The van der Waals surface area contributed by atoms with Crippen molar-refractivity contribution in [3.05, 3.63) is 0 Å². The summed E-state index contributed by atoms with van der Waals surface area (Å²) in [6, 6.07) is -0.332. The molecule has 0 bridgehead atoms. The van der Waals surface area contributed by atoms with Gasteiger partial charge in [-0.05, 0) is 39.0 Å². The van der Waals surface area contributed by atoms with E-state index in [0.717, 1.165) is 45.2 Å². The Bertz CT molecular complexity index is 632. The second-order valence-corrected chi connectivity index (χ2v) is 9.52. The molecule has 30 heavy (non-hydrogen) atoms. The number of nitrogens with zero attached hydrogens (tertiary/aromatic N) is 2. The van der Waals surface area contributed by atoms with Gasteiger partial charge >= 0.3 is 6.03 Å². The van der Waals surface area contributed by atoms with Crippen LogP contribution in [0.4, 0.5) is 4.79 Å². The molecule has 3 N–H and O–H groups in total. The lowest BCUT2D eigenvalue weighted by atomic mass is 9.98. The molecule has 0 aromatic heterocycles. The van der Waals surface area contributed by atoms with Crippen LogP contribution in [0.15, 0.2) is 0 Å². The molecule has 0 aromatic carbocycles. The first kappa shape index (κ1) is 22.8. The lowest BCUT2D eigenvalue weighted by molar-refractivity contribution is -0.144. The molecule has 170 valence electrons. The Morgan fingerprint density at radius 3 is 2.43 bits per heavy atom. The fourth-order valence-corrected chi connectivity index (χ4v) is 4.68. The van der Waals surface area contributed by atoms with Crippen molar-refractivity contribution in [3.8, 4) is 0 Å². The van der Waals surface area contributed by atoms with E-state index in [1.807, 2.05) is 18.7 Å². The van der Waals surface area contributed by atoms with Crippen LogP contribution in [0.2, 0.25) is 0 Å². The fraction of sp³-hybridized carbons (Fsp3) is 0.864. The van der Waals surface area contributed by atoms with Crippen molar-refractivity contribution in [2.45, 2.75) is 84.0 Å². The minimum absolute atomic E-state index is 0.0347. The maximum Gasteiger partial charge on any atom is 0.315 e. The molecule has 0 spiro atoms. The minimum Gasteiger partial charge on any atom is -0.354 e. The number of hydrogen-bond acceptors (Lipinski definition) is 4. The van der Waals surface area contributed by atoms with Crippen molar-refractivity contribution < 1.29 is 14.4 Å². The Balaban J connectivity index is 1.65. The third-order valence-electron chi connectivity index (χ3n) is 6.69. The van der Waals surface area contributed by atoms with Crippen LogP contribution in [0.1, 0.15) is 59.8 Å². The third-order valence-corrected chi connectivity index (χ3v) is 6.69.